The summed E-state index contributed by atoms with van der Waals surface area (Å²) in [5.41, 5.74) is 2.67. The first-order valence-electron chi connectivity index (χ1n) is 12.5. The van der Waals surface area contributed by atoms with Crippen molar-refractivity contribution in [1.29, 1.82) is 0 Å². The summed E-state index contributed by atoms with van der Waals surface area (Å²) < 4.78 is 12.0. The first kappa shape index (κ1) is 25.2. The van der Waals surface area contributed by atoms with E-state index in [1.807, 2.05) is 40.6 Å². The van der Waals surface area contributed by atoms with E-state index in [-0.39, 0.29) is 5.91 Å². The lowest BCUT2D eigenvalue weighted by Gasteiger charge is -2.35. The molecule has 0 atom stereocenters. The number of hydrogen-bond donors (Lipinski definition) is 0. The molecule has 2 fully saturated rings. The largest absolute Gasteiger partial charge is 0.353 e. The van der Waals surface area contributed by atoms with Crippen molar-refractivity contribution >= 4 is 62.6 Å². The molecule has 0 aliphatic carbocycles. The average molecular weight is 566 g/mol. The Morgan fingerprint density at radius 2 is 1.68 bits per heavy atom. The molecular formula is C26H27N7O2S3. The summed E-state index contributed by atoms with van der Waals surface area (Å²) in [5.74, 6) is 3.47. The number of anilines is 2. The van der Waals surface area contributed by atoms with Crippen LogP contribution in [0.1, 0.15) is 15.2 Å². The molecule has 196 valence electrons. The quantitative estimate of drug-likeness (QED) is 0.258. The summed E-state index contributed by atoms with van der Waals surface area (Å²) in [7, 11) is -0.797. The summed E-state index contributed by atoms with van der Waals surface area (Å²) in [6.45, 7) is 3.84. The molecule has 4 aromatic rings. The van der Waals surface area contributed by atoms with Crippen LogP contribution < -0.4 is 9.80 Å². The van der Waals surface area contributed by atoms with Crippen LogP contribution in [-0.2, 0) is 16.6 Å². The number of thioether (sulfide) groups is 1. The number of rotatable bonds is 6. The summed E-state index contributed by atoms with van der Waals surface area (Å²) in [6.07, 6.45) is 1.58. The highest BCUT2D eigenvalue weighted by molar-refractivity contribution is 7.98. The van der Waals surface area contributed by atoms with Gasteiger partial charge in [-0.2, -0.15) is 4.98 Å². The second-order valence-corrected chi connectivity index (χ2v) is 12.7. The Bertz CT molecular complexity index is 1430. The fourth-order valence-electron chi connectivity index (χ4n) is 4.61. The summed E-state index contributed by atoms with van der Waals surface area (Å²) in [5, 5.41) is 2.75. The maximum atomic E-state index is 12.8. The Kier molecular flexibility index (Phi) is 7.52. The van der Waals surface area contributed by atoms with Crippen molar-refractivity contribution in [3.63, 3.8) is 0 Å². The SMILES string of the molecule is O=C(c1cccs1)N1CCN(c2nc(N3CCS(=O)CC3)c3ncnc(SCc4ccccc4)c3n2)CC1. The van der Waals surface area contributed by atoms with E-state index in [0.29, 0.717) is 56.7 Å². The molecule has 5 heterocycles. The van der Waals surface area contributed by atoms with Gasteiger partial charge in [-0.3, -0.25) is 9.00 Å². The van der Waals surface area contributed by atoms with Crippen LogP contribution in [0.25, 0.3) is 11.0 Å². The Hall–Kier alpha value is -3.09. The standard InChI is InChI=1S/C26H27N7O2S3/c34-25(20-7-4-14-36-20)32-8-10-33(11-9-32)26-29-22-21(23(30-26)31-12-15-38(35)16-13-31)27-18-28-24(22)37-17-19-5-2-1-3-6-19/h1-7,14,18H,8-13,15-17H2. The van der Waals surface area contributed by atoms with Crippen LogP contribution in [-0.4, -0.2) is 85.7 Å². The monoisotopic (exact) mass is 565 g/mol. The van der Waals surface area contributed by atoms with E-state index in [9.17, 15) is 9.00 Å². The minimum atomic E-state index is -0.797. The van der Waals surface area contributed by atoms with Gasteiger partial charge in [-0.15, -0.1) is 11.3 Å². The molecular weight excluding hydrogens is 539 g/mol. The van der Waals surface area contributed by atoms with Crippen LogP contribution in [0.4, 0.5) is 11.8 Å². The molecule has 38 heavy (non-hydrogen) atoms. The molecule has 0 radical (unpaired) electrons. The highest BCUT2D eigenvalue weighted by atomic mass is 32.2. The summed E-state index contributed by atoms with van der Waals surface area (Å²) in [4.78, 5) is 39.0. The smallest absolute Gasteiger partial charge is 0.264 e. The fraction of sp³-hybridized carbons (Fsp3) is 0.346. The van der Waals surface area contributed by atoms with E-state index < -0.39 is 10.8 Å². The molecule has 0 spiro atoms. The normalized spacial score (nSPS) is 16.8. The molecule has 2 aliphatic rings. The van der Waals surface area contributed by atoms with Crippen LogP contribution in [0.15, 0.2) is 59.2 Å². The third kappa shape index (κ3) is 5.38. The number of carbonyl (C=O) groups excluding carboxylic acids is 1. The zero-order valence-corrected chi connectivity index (χ0v) is 23.2. The van der Waals surface area contributed by atoms with E-state index in [4.69, 9.17) is 9.97 Å². The lowest BCUT2D eigenvalue weighted by molar-refractivity contribution is 0.0751. The van der Waals surface area contributed by atoms with E-state index in [2.05, 4.69) is 31.9 Å². The van der Waals surface area contributed by atoms with Crippen molar-refractivity contribution < 1.29 is 9.00 Å². The second kappa shape index (κ2) is 11.3. The van der Waals surface area contributed by atoms with Gasteiger partial charge in [0.05, 0.1) is 4.88 Å². The first-order valence-corrected chi connectivity index (χ1v) is 15.9. The number of piperazine rings is 1. The van der Waals surface area contributed by atoms with Gasteiger partial charge in [0.15, 0.2) is 5.82 Å². The van der Waals surface area contributed by atoms with Gasteiger partial charge in [-0.25, -0.2) is 15.0 Å². The van der Waals surface area contributed by atoms with Gasteiger partial charge in [-0.1, -0.05) is 48.2 Å². The molecule has 0 N–H and O–H groups in total. The van der Waals surface area contributed by atoms with E-state index in [0.717, 1.165) is 32.5 Å². The fourth-order valence-corrected chi connectivity index (χ4v) is 7.25. The maximum Gasteiger partial charge on any atom is 0.264 e. The number of amides is 1. The first-order chi connectivity index (χ1) is 18.7. The minimum absolute atomic E-state index is 0.0779. The highest BCUT2D eigenvalue weighted by Gasteiger charge is 2.27. The third-order valence-electron chi connectivity index (χ3n) is 6.70. The van der Waals surface area contributed by atoms with Crippen LogP contribution in [0.3, 0.4) is 0 Å². The molecule has 2 saturated heterocycles. The lowest BCUT2D eigenvalue weighted by Crippen LogP contribution is -2.49. The van der Waals surface area contributed by atoms with Crippen molar-refractivity contribution in [2.24, 2.45) is 0 Å². The Morgan fingerprint density at radius 3 is 2.42 bits per heavy atom. The number of aromatic nitrogens is 4. The van der Waals surface area contributed by atoms with Crippen LogP contribution in [0.5, 0.6) is 0 Å². The van der Waals surface area contributed by atoms with Crippen LogP contribution in [0.2, 0.25) is 0 Å². The van der Waals surface area contributed by atoms with Gasteiger partial charge >= 0.3 is 0 Å². The molecule has 6 rings (SSSR count). The van der Waals surface area contributed by atoms with Gasteiger partial charge in [-0.05, 0) is 17.0 Å². The van der Waals surface area contributed by atoms with Gasteiger partial charge in [0, 0.05) is 67.3 Å². The molecule has 0 bridgehead atoms. The van der Waals surface area contributed by atoms with Crippen LogP contribution in [0, 0.1) is 0 Å². The zero-order chi connectivity index (χ0) is 25.9. The number of fused-ring (bicyclic) bond motifs is 1. The molecule has 2 aliphatic heterocycles. The number of thiophene rings is 1. The minimum Gasteiger partial charge on any atom is -0.353 e. The van der Waals surface area contributed by atoms with Gasteiger partial charge in [0.1, 0.15) is 22.4 Å². The van der Waals surface area contributed by atoms with Crippen molar-refractivity contribution in [3.05, 3.63) is 64.6 Å². The maximum absolute atomic E-state index is 12.8. The predicted octanol–water partition coefficient (Wildman–Crippen LogP) is 3.30. The van der Waals surface area contributed by atoms with E-state index in [1.54, 1.807) is 18.1 Å². The zero-order valence-electron chi connectivity index (χ0n) is 20.7. The van der Waals surface area contributed by atoms with E-state index >= 15 is 0 Å². The number of carbonyl (C=O) groups is 1. The Morgan fingerprint density at radius 1 is 0.895 bits per heavy atom. The number of nitrogens with zero attached hydrogens (tertiary/aromatic N) is 7. The second-order valence-electron chi connectivity index (χ2n) is 9.09. The van der Waals surface area contributed by atoms with Crippen molar-refractivity contribution in [2.45, 2.75) is 10.8 Å². The van der Waals surface area contributed by atoms with Gasteiger partial charge < -0.3 is 14.7 Å². The van der Waals surface area contributed by atoms with E-state index in [1.165, 1.54) is 16.9 Å². The Labute approximate surface area is 231 Å². The topological polar surface area (TPSA) is 95.4 Å². The number of hydrogen-bond acceptors (Lipinski definition) is 10. The molecule has 0 saturated carbocycles. The summed E-state index contributed by atoms with van der Waals surface area (Å²) in [6, 6.07) is 14.1. The molecule has 0 unspecified atom stereocenters. The molecule has 3 aromatic heterocycles. The summed E-state index contributed by atoms with van der Waals surface area (Å²) >= 11 is 3.11. The van der Waals surface area contributed by atoms with Gasteiger partial charge in [0.25, 0.3) is 5.91 Å². The van der Waals surface area contributed by atoms with Crippen molar-refractivity contribution in [1.82, 2.24) is 24.8 Å². The molecule has 9 nitrogen and oxygen atoms in total. The van der Waals surface area contributed by atoms with Gasteiger partial charge in [0.2, 0.25) is 5.95 Å². The Balaban J connectivity index is 1.30. The van der Waals surface area contributed by atoms with Crippen molar-refractivity contribution in [3.8, 4) is 0 Å². The molecule has 1 aromatic carbocycles. The highest BCUT2D eigenvalue weighted by Crippen LogP contribution is 2.32. The van der Waals surface area contributed by atoms with Crippen molar-refractivity contribution in [2.75, 3.05) is 60.6 Å². The third-order valence-corrected chi connectivity index (χ3v) is 9.88. The predicted molar refractivity (Wildman–Crippen MR) is 154 cm³/mol. The molecule has 1 amide bonds. The van der Waals surface area contributed by atoms with Crippen LogP contribution >= 0.6 is 23.1 Å². The number of benzene rings is 1. The average Bonchev–Trinajstić information content (AvgIpc) is 3.51. The lowest BCUT2D eigenvalue weighted by atomic mass is 10.2. The molecule has 12 heteroatoms.